The molecule has 70 valence electrons. The van der Waals surface area contributed by atoms with Gasteiger partial charge in [-0.1, -0.05) is 0 Å². The first kappa shape index (κ1) is 24.0. The molecule has 0 bridgehead atoms. The van der Waals surface area contributed by atoms with E-state index in [-0.39, 0.29) is 67.7 Å². The van der Waals surface area contributed by atoms with Gasteiger partial charge in [0.05, 0.1) is 0 Å². The van der Waals surface area contributed by atoms with E-state index >= 15 is 0 Å². The van der Waals surface area contributed by atoms with E-state index in [4.69, 9.17) is 32.3 Å². The van der Waals surface area contributed by atoms with Crippen molar-refractivity contribution >= 4 is 78.1 Å². The van der Waals surface area contributed by atoms with Gasteiger partial charge in [0.25, 0.3) is 0 Å². The summed E-state index contributed by atoms with van der Waals surface area (Å²) in [5, 5.41) is 0. The van der Waals surface area contributed by atoms with Crippen molar-refractivity contribution in [3.8, 4) is 0 Å². The molecule has 0 aliphatic heterocycles. The van der Waals surface area contributed by atoms with Crippen LogP contribution in [0.4, 0.5) is 0 Å². The summed E-state index contributed by atoms with van der Waals surface area (Å²) in [7, 11) is -4.67. The molecule has 0 unspecified atom stereocenters. The van der Waals surface area contributed by atoms with Crippen LogP contribution < -0.4 is 0 Å². The fourth-order valence-electron chi connectivity index (χ4n) is 0. The number of hydrogen-bond acceptors (Lipinski definition) is 6. The van der Waals surface area contributed by atoms with Gasteiger partial charge in [-0.15, -0.1) is 0 Å². The fraction of sp³-hybridized carbons (Fsp3) is 0. The van der Waals surface area contributed by atoms with E-state index in [1.54, 1.807) is 0 Å². The van der Waals surface area contributed by atoms with Crippen LogP contribution in [-0.2, 0) is 28.5 Å². The normalized spacial score (nSPS) is 9.83. The molecule has 12 heavy (non-hydrogen) atoms. The summed E-state index contributed by atoms with van der Waals surface area (Å²) in [6.45, 7) is 0. The van der Waals surface area contributed by atoms with E-state index in [0.717, 1.165) is 0 Å². The van der Waals surface area contributed by atoms with Crippen LogP contribution in [-0.4, -0.2) is 100 Å². The summed E-state index contributed by atoms with van der Waals surface area (Å²) in [6.07, 6.45) is 0. The predicted molar refractivity (Wildman–Crippen MR) is 38.7 cm³/mol. The summed E-state index contributed by atoms with van der Waals surface area (Å²) >= 11 is -5.00. The van der Waals surface area contributed by atoms with E-state index in [1.165, 1.54) is 0 Å². The van der Waals surface area contributed by atoms with Gasteiger partial charge in [-0.05, 0) is 0 Å². The molecule has 0 aromatic carbocycles. The quantitative estimate of drug-likeness (QED) is 0.186. The summed E-state index contributed by atoms with van der Waals surface area (Å²) in [6, 6.07) is 0. The topological polar surface area (TPSA) is 156 Å². The molecule has 0 saturated heterocycles. The third-order valence-corrected chi connectivity index (χ3v) is 0. The predicted octanol–water partition coefficient (Wildman–Crippen LogP) is -4.45. The van der Waals surface area contributed by atoms with E-state index in [0.29, 0.717) is 0 Å². The zero-order valence-corrected chi connectivity index (χ0v) is 6.79. The minimum absolute atomic E-state index is 0. The van der Waals surface area contributed by atoms with Gasteiger partial charge in [0.1, 0.15) is 0 Å². The van der Waals surface area contributed by atoms with Crippen molar-refractivity contribution in [2.75, 3.05) is 0 Å². The summed E-state index contributed by atoms with van der Waals surface area (Å²) in [4.78, 5) is 0. The maximum atomic E-state index is 8.74. The Bertz CT molecular complexity index is 154. The van der Waals surface area contributed by atoms with Crippen LogP contribution in [0.1, 0.15) is 0 Å². The van der Waals surface area contributed by atoms with Gasteiger partial charge in [-0.3, -0.25) is 9.11 Å². The maximum absolute atomic E-state index is 8.74. The molecular formula is H9BaLiO8STi. The minimum atomic E-state index is -5.00. The molecule has 8 nitrogen and oxygen atoms in total. The zero-order valence-electron chi connectivity index (χ0n) is 4.41. The van der Waals surface area contributed by atoms with Crippen molar-refractivity contribution in [2.24, 2.45) is 0 Å². The summed E-state index contributed by atoms with van der Waals surface area (Å²) in [5.74, 6) is 0. The van der Waals surface area contributed by atoms with Gasteiger partial charge in [0.15, 0.2) is 0 Å². The Morgan fingerprint density at radius 1 is 0.917 bits per heavy atom. The second-order valence-corrected chi connectivity index (χ2v) is 3.82. The van der Waals surface area contributed by atoms with Gasteiger partial charge >= 0.3 is 111 Å². The van der Waals surface area contributed by atoms with Crippen molar-refractivity contribution in [1.29, 1.82) is 0 Å². The van der Waals surface area contributed by atoms with E-state index < -0.39 is 28.5 Å². The molecule has 0 aromatic rings. The monoisotopic (exact) mass is 362 g/mol. The number of rotatable bonds is 0. The average molecular weight is 361 g/mol. The first-order chi connectivity index (χ1) is 4.00. The summed E-state index contributed by atoms with van der Waals surface area (Å²) < 4.78 is 61.1. The average Bonchev–Trinajstić information content (AvgIpc) is 1.12. The number of hydrogen-bond donors (Lipinski definition) is 6. The summed E-state index contributed by atoms with van der Waals surface area (Å²) in [5.41, 5.74) is 0. The van der Waals surface area contributed by atoms with Gasteiger partial charge in [0.2, 0.25) is 0 Å². The molecule has 0 aliphatic rings. The Morgan fingerprint density at radius 3 is 0.917 bits per heavy atom. The molecule has 0 radical (unpaired) electrons. The molecule has 0 rings (SSSR count). The molecule has 0 atom stereocenters. The SMILES string of the molecule is O=S(=O)(O)O.[BaH2].[LiH].[OH][Ti]([OH])([OH])[OH]. The second-order valence-electron chi connectivity index (χ2n) is 1.05. The molecule has 6 N–H and O–H groups in total. The Kier molecular flexibility index (Phi) is 20.3. The van der Waals surface area contributed by atoms with Crippen molar-refractivity contribution in [2.45, 2.75) is 0 Å². The molecule has 0 spiro atoms. The molecule has 0 fully saturated rings. The third kappa shape index (κ3) is 252. The van der Waals surface area contributed by atoms with E-state index in [2.05, 4.69) is 0 Å². The van der Waals surface area contributed by atoms with Crippen molar-refractivity contribution < 1.29 is 50.4 Å². The van der Waals surface area contributed by atoms with Crippen LogP contribution in [0.5, 0.6) is 0 Å². The van der Waals surface area contributed by atoms with Gasteiger partial charge in [-0.2, -0.15) is 8.42 Å². The Labute approximate surface area is 126 Å². The molecule has 0 saturated carbocycles. The van der Waals surface area contributed by atoms with Crippen LogP contribution in [0.25, 0.3) is 0 Å². The van der Waals surface area contributed by atoms with Crippen molar-refractivity contribution in [3.05, 3.63) is 0 Å². The molecule has 0 amide bonds. The van der Waals surface area contributed by atoms with E-state index in [1.807, 2.05) is 0 Å². The van der Waals surface area contributed by atoms with E-state index in [9.17, 15) is 0 Å². The molecule has 0 aromatic heterocycles. The second kappa shape index (κ2) is 10.1. The Balaban J connectivity index is -0.0000000457. The third-order valence-electron chi connectivity index (χ3n) is 0. The fourth-order valence-corrected chi connectivity index (χ4v) is 0. The van der Waals surface area contributed by atoms with Crippen LogP contribution >= 0.6 is 0 Å². The van der Waals surface area contributed by atoms with Gasteiger partial charge in [0, 0.05) is 0 Å². The van der Waals surface area contributed by atoms with Crippen LogP contribution in [0.15, 0.2) is 0 Å². The van der Waals surface area contributed by atoms with Gasteiger partial charge in [-0.25, -0.2) is 0 Å². The van der Waals surface area contributed by atoms with Crippen LogP contribution in [0.3, 0.4) is 0 Å². The zero-order chi connectivity index (χ0) is 9.00. The molecular weight excluding hydrogens is 352 g/mol. The Hall–Kier alpha value is 2.59. The van der Waals surface area contributed by atoms with Crippen LogP contribution in [0, 0.1) is 0 Å². The first-order valence-corrected chi connectivity index (χ1v) is 5.78. The van der Waals surface area contributed by atoms with Crippen LogP contribution in [0.2, 0.25) is 0 Å². The molecule has 12 heteroatoms. The Morgan fingerprint density at radius 2 is 0.917 bits per heavy atom. The van der Waals surface area contributed by atoms with Gasteiger partial charge < -0.3 is 0 Å². The first-order valence-electron chi connectivity index (χ1n) is 1.59. The van der Waals surface area contributed by atoms with Crippen molar-refractivity contribution in [1.82, 2.24) is 0 Å². The molecule has 0 heterocycles. The van der Waals surface area contributed by atoms with Crippen molar-refractivity contribution in [3.63, 3.8) is 0 Å². The molecule has 0 aliphatic carbocycles. The standard InChI is InChI=1S/Ba.Li.H2O4S.4H2O.Ti.3H/c;;1-5(2,3)4;;;;;;;;/h;;(H2,1,2,3,4);4*1H2;;;;/q;;;;;;;+4;;;/p-4.